The van der Waals surface area contributed by atoms with E-state index in [0.717, 1.165) is 6.07 Å². The third kappa shape index (κ3) is 4.90. The number of anilines is 1. The Balaban J connectivity index is 1.86. The van der Waals surface area contributed by atoms with Gasteiger partial charge in [0.25, 0.3) is 5.69 Å². The van der Waals surface area contributed by atoms with E-state index >= 15 is 0 Å². The Labute approximate surface area is 176 Å². The van der Waals surface area contributed by atoms with Gasteiger partial charge < -0.3 is 14.5 Å². The summed E-state index contributed by atoms with van der Waals surface area (Å²) in [6.45, 7) is 6.89. The van der Waals surface area contributed by atoms with Gasteiger partial charge in [-0.25, -0.2) is 8.42 Å². The number of hydrogen-bond acceptors (Lipinski definition) is 7. The molecule has 0 spiro atoms. The first-order valence-electron chi connectivity index (χ1n) is 10.1. The summed E-state index contributed by atoms with van der Waals surface area (Å²) in [5.41, 5.74) is 0.166. The van der Waals surface area contributed by atoms with E-state index in [1.54, 1.807) is 4.90 Å². The lowest BCUT2D eigenvalue weighted by molar-refractivity contribution is -0.385. The molecule has 1 aromatic carbocycles. The SMILES string of the molecule is CC(C)CC(=O)N1CCN(c2ccc([N+](=O)[O-])cc2S(=O)(=O)N2CCOCC2)CC1. The van der Waals surface area contributed by atoms with Gasteiger partial charge in [0.15, 0.2) is 0 Å². The molecule has 10 nitrogen and oxygen atoms in total. The van der Waals surface area contributed by atoms with Gasteiger partial charge in [0.1, 0.15) is 4.90 Å². The molecule has 0 radical (unpaired) electrons. The van der Waals surface area contributed by atoms with Crippen LogP contribution >= 0.6 is 0 Å². The van der Waals surface area contributed by atoms with Crippen molar-refractivity contribution in [2.75, 3.05) is 57.4 Å². The minimum Gasteiger partial charge on any atom is -0.379 e. The van der Waals surface area contributed by atoms with Crippen LogP contribution in [0.4, 0.5) is 11.4 Å². The van der Waals surface area contributed by atoms with Gasteiger partial charge in [-0.05, 0) is 12.0 Å². The molecular weight excluding hydrogens is 412 g/mol. The average molecular weight is 441 g/mol. The highest BCUT2D eigenvalue weighted by molar-refractivity contribution is 7.89. The van der Waals surface area contributed by atoms with Crippen molar-refractivity contribution in [3.8, 4) is 0 Å². The van der Waals surface area contributed by atoms with E-state index in [9.17, 15) is 23.3 Å². The summed E-state index contributed by atoms with van der Waals surface area (Å²) in [5.74, 6) is 0.366. The lowest BCUT2D eigenvalue weighted by Crippen LogP contribution is -2.49. The maximum absolute atomic E-state index is 13.3. The van der Waals surface area contributed by atoms with Crippen LogP contribution in [0, 0.1) is 16.0 Å². The van der Waals surface area contributed by atoms with Crippen LogP contribution in [0.1, 0.15) is 20.3 Å². The summed E-state index contributed by atoms with van der Waals surface area (Å²) in [7, 11) is -3.92. The molecule has 0 aliphatic carbocycles. The third-order valence-corrected chi connectivity index (χ3v) is 7.23. The van der Waals surface area contributed by atoms with Gasteiger partial charge in [0.2, 0.25) is 15.9 Å². The van der Waals surface area contributed by atoms with Gasteiger partial charge in [-0.3, -0.25) is 14.9 Å². The molecule has 11 heteroatoms. The zero-order valence-corrected chi connectivity index (χ0v) is 18.1. The lowest BCUT2D eigenvalue weighted by Gasteiger charge is -2.37. The zero-order chi connectivity index (χ0) is 21.9. The number of benzene rings is 1. The summed E-state index contributed by atoms with van der Waals surface area (Å²) in [6.07, 6.45) is 0.480. The largest absolute Gasteiger partial charge is 0.379 e. The number of ether oxygens (including phenoxy) is 1. The fraction of sp³-hybridized carbons (Fsp3) is 0.632. The maximum atomic E-state index is 13.3. The van der Waals surface area contributed by atoms with E-state index in [-0.39, 0.29) is 35.5 Å². The minimum absolute atomic E-state index is 0.0689. The van der Waals surface area contributed by atoms with Gasteiger partial charge in [0, 0.05) is 57.8 Å². The monoisotopic (exact) mass is 440 g/mol. The lowest BCUT2D eigenvalue weighted by atomic mass is 10.1. The van der Waals surface area contributed by atoms with Gasteiger partial charge in [-0.2, -0.15) is 4.31 Å². The molecule has 3 rings (SSSR count). The number of non-ortho nitro benzene ring substituents is 1. The molecule has 0 saturated carbocycles. The molecule has 2 saturated heterocycles. The number of piperazine rings is 1. The number of hydrogen-bond donors (Lipinski definition) is 0. The summed E-state index contributed by atoms with van der Waals surface area (Å²) in [5, 5.41) is 11.3. The van der Waals surface area contributed by atoms with Gasteiger partial charge in [-0.1, -0.05) is 13.8 Å². The predicted molar refractivity (Wildman–Crippen MR) is 111 cm³/mol. The van der Waals surface area contributed by atoms with E-state index in [1.807, 2.05) is 18.7 Å². The van der Waals surface area contributed by atoms with Crippen molar-refractivity contribution in [2.24, 2.45) is 5.92 Å². The molecule has 0 aromatic heterocycles. The molecule has 0 bridgehead atoms. The third-order valence-electron chi connectivity index (χ3n) is 5.30. The number of nitro benzene ring substituents is 1. The van der Waals surface area contributed by atoms with E-state index in [0.29, 0.717) is 51.5 Å². The fourth-order valence-corrected chi connectivity index (χ4v) is 5.32. The fourth-order valence-electron chi connectivity index (χ4n) is 3.69. The smallest absolute Gasteiger partial charge is 0.270 e. The Morgan fingerprint density at radius 3 is 2.33 bits per heavy atom. The topological polar surface area (TPSA) is 113 Å². The normalized spacial score (nSPS) is 18.6. The molecule has 166 valence electrons. The van der Waals surface area contributed by atoms with E-state index in [4.69, 9.17) is 4.74 Å². The van der Waals surface area contributed by atoms with Crippen LogP contribution < -0.4 is 4.90 Å². The summed E-state index contributed by atoms with van der Waals surface area (Å²) < 4.78 is 33.1. The van der Waals surface area contributed by atoms with Crippen molar-refractivity contribution >= 4 is 27.3 Å². The first-order chi connectivity index (χ1) is 14.2. The molecule has 0 N–H and O–H groups in total. The second-order valence-corrected chi connectivity index (χ2v) is 9.80. The van der Waals surface area contributed by atoms with Gasteiger partial charge >= 0.3 is 0 Å². The molecular formula is C19H28N4O6S. The van der Waals surface area contributed by atoms with E-state index in [2.05, 4.69) is 0 Å². The molecule has 2 aliphatic heterocycles. The van der Waals surface area contributed by atoms with Gasteiger partial charge in [0.05, 0.1) is 23.8 Å². The molecule has 30 heavy (non-hydrogen) atoms. The highest BCUT2D eigenvalue weighted by Crippen LogP contribution is 2.32. The van der Waals surface area contributed by atoms with Crippen LogP contribution in [0.2, 0.25) is 0 Å². The van der Waals surface area contributed by atoms with Crippen molar-refractivity contribution in [1.29, 1.82) is 0 Å². The first kappa shape index (κ1) is 22.4. The number of carbonyl (C=O) groups is 1. The van der Waals surface area contributed by atoms with Crippen LogP contribution in [0.25, 0.3) is 0 Å². The van der Waals surface area contributed by atoms with Crippen LogP contribution in [-0.4, -0.2) is 80.9 Å². The Morgan fingerprint density at radius 1 is 1.13 bits per heavy atom. The molecule has 2 heterocycles. The molecule has 2 fully saturated rings. The van der Waals surface area contributed by atoms with Crippen molar-refractivity contribution < 1.29 is 22.9 Å². The Bertz CT molecular complexity index is 890. The Kier molecular flexibility index (Phi) is 6.94. The van der Waals surface area contributed by atoms with Crippen molar-refractivity contribution in [1.82, 2.24) is 9.21 Å². The van der Waals surface area contributed by atoms with Gasteiger partial charge in [-0.15, -0.1) is 0 Å². The van der Waals surface area contributed by atoms with E-state index in [1.165, 1.54) is 16.4 Å². The molecule has 1 aromatic rings. The summed E-state index contributed by atoms with van der Waals surface area (Å²) in [6, 6.07) is 3.96. The van der Waals surface area contributed by atoms with Crippen LogP contribution in [-0.2, 0) is 19.6 Å². The number of sulfonamides is 1. The van der Waals surface area contributed by atoms with Crippen molar-refractivity contribution in [3.63, 3.8) is 0 Å². The summed E-state index contributed by atoms with van der Waals surface area (Å²) >= 11 is 0. The maximum Gasteiger partial charge on any atom is 0.270 e. The standard InChI is InChI=1S/C19H28N4O6S/c1-15(2)13-19(24)21-7-5-20(6-8-21)17-4-3-16(23(25)26)14-18(17)30(27,28)22-9-11-29-12-10-22/h3-4,14-15H,5-13H2,1-2H3. The number of nitrogens with zero attached hydrogens (tertiary/aromatic N) is 4. The van der Waals surface area contributed by atoms with Crippen molar-refractivity contribution in [2.45, 2.75) is 25.2 Å². The number of morpholine rings is 1. The quantitative estimate of drug-likeness (QED) is 0.484. The van der Waals surface area contributed by atoms with Crippen LogP contribution in [0.3, 0.4) is 0 Å². The van der Waals surface area contributed by atoms with Crippen LogP contribution in [0.5, 0.6) is 0 Å². The average Bonchev–Trinajstić information content (AvgIpc) is 2.73. The highest BCUT2D eigenvalue weighted by atomic mass is 32.2. The molecule has 2 aliphatic rings. The van der Waals surface area contributed by atoms with E-state index < -0.39 is 14.9 Å². The molecule has 1 amide bonds. The summed E-state index contributed by atoms with van der Waals surface area (Å²) in [4.78, 5) is 26.6. The molecule has 0 unspecified atom stereocenters. The number of carbonyl (C=O) groups excluding carboxylic acids is 1. The zero-order valence-electron chi connectivity index (χ0n) is 17.3. The second kappa shape index (κ2) is 9.27. The Hall–Kier alpha value is -2.24. The Morgan fingerprint density at radius 2 is 1.77 bits per heavy atom. The first-order valence-corrected chi connectivity index (χ1v) is 11.5. The number of amides is 1. The number of nitro groups is 1. The van der Waals surface area contributed by atoms with Crippen molar-refractivity contribution in [3.05, 3.63) is 28.3 Å². The minimum atomic E-state index is -3.92. The number of rotatable bonds is 6. The van der Waals surface area contributed by atoms with Crippen LogP contribution in [0.15, 0.2) is 23.1 Å². The second-order valence-electron chi connectivity index (χ2n) is 7.89. The molecule has 0 atom stereocenters. The predicted octanol–water partition coefficient (Wildman–Crippen LogP) is 1.31. The highest BCUT2D eigenvalue weighted by Gasteiger charge is 2.33.